The summed E-state index contributed by atoms with van der Waals surface area (Å²) in [5.41, 5.74) is 4.09. The molecule has 0 radical (unpaired) electrons. The summed E-state index contributed by atoms with van der Waals surface area (Å²) in [7, 11) is 1.54. The van der Waals surface area contributed by atoms with Crippen molar-refractivity contribution in [2.24, 2.45) is 0 Å². The number of methoxy groups -OCH3 is 1. The van der Waals surface area contributed by atoms with Gasteiger partial charge in [0.2, 0.25) is 0 Å². The Labute approximate surface area is 173 Å². The first-order chi connectivity index (χ1) is 14.5. The molecule has 0 fully saturated rings. The van der Waals surface area contributed by atoms with Gasteiger partial charge in [-0.25, -0.2) is 8.78 Å². The molecule has 0 unspecified atom stereocenters. The Morgan fingerprint density at radius 2 is 1.77 bits per heavy atom. The van der Waals surface area contributed by atoms with E-state index in [1.165, 1.54) is 13.2 Å². The van der Waals surface area contributed by atoms with Gasteiger partial charge in [-0.3, -0.25) is 4.79 Å². The van der Waals surface area contributed by atoms with E-state index in [-0.39, 0.29) is 18.1 Å². The van der Waals surface area contributed by atoms with Crippen molar-refractivity contribution in [3.63, 3.8) is 0 Å². The Kier molecular flexibility index (Phi) is 5.61. The number of ketones is 1. The number of hydrogen-bond acceptors (Lipinski definition) is 3. The van der Waals surface area contributed by atoms with E-state index < -0.39 is 11.6 Å². The summed E-state index contributed by atoms with van der Waals surface area (Å²) < 4.78 is 37.8. The molecule has 0 aliphatic heterocycles. The Bertz CT molecular complexity index is 1130. The maximum absolute atomic E-state index is 13.8. The molecule has 3 nitrogen and oxygen atoms in total. The molecule has 0 amide bonds. The van der Waals surface area contributed by atoms with Gasteiger partial charge in [0.05, 0.1) is 7.11 Å². The number of allylic oxidation sites excluding steroid dienone is 1. The smallest absolute Gasteiger partial charge is 0.189 e. The maximum atomic E-state index is 13.8. The second-order valence-electron chi connectivity index (χ2n) is 7.09. The fraction of sp³-hybridized carbons (Fsp3) is 0.160. The zero-order valence-corrected chi connectivity index (χ0v) is 16.5. The largest absolute Gasteiger partial charge is 0.496 e. The highest BCUT2D eigenvalue weighted by Gasteiger charge is 2.21. The van der Waals surface area contributed by atoms with Gasteiger partial charge in [0, 0.05) is 22.8 Å². The van der Waals surface area contributed by atoms with E-state index >= 15 is 0 Å². The highest BCUT2D eigenvalue weighted by atomic mass is 19.1. The molecule has 0 spiro atoms. The first-order valence-electron chi connectivity index (χ1n) is 9.63. The van der Waals surface area contributed by atoms with Crippen LogP contribution in [0.5, 0.6) is 11.5 Å². The number of carbonyl (C=O) groups excluding carboxylic acids is 1. The third-order valence-electron chi connectivity index (χ3n) is 5.14. The number of aryl methyl sites for hydroxylation is 1. The summed E-state index contributed by atoms with van der Waals surface area (Å²) in [6.07, 6.45) is 3.37. The minimum atomic E-state index is -0.765. The molecule has 0 saturated heterocycles. The zero-order chi connectivity index (χ0) is 21.1. The Hall–Kier alpha value is -3.47. The van der Waals surface area contributed by atoms with E-state index in [9.17, 15) is 13.6 Å². The van der Waals surface area contributed by atoms with Gasteiger partial charge in [-0.2, -0.15) is 0 Å². The molecule has 0 N–H and O–H groups in total. The predicted molar refractivity (Wildman–Crippen MR) is 111 cm³/mol. The number of benzene rings is 3. The standard InChI is InChI=1S/C25H20F2O3/c1-29-23-10-6-16(12-18-8-7-17-4-2-3-5-21(17)25(18)28)13-19(23)15-30-24-11-9-20(26)14-22(24)27/h2-6,9-14H,7-8,15H2,1H3/b18-12-. The number of Topliss-reactive ketones (excluding diaryl/α,β-unsaturated/α-hetero) is 1. The lowest BCUT2D eigenvalue weighted by molar-refractivity contribution is 0.102. The number of halogens is 2. The van der Waals surface area contributed by atoms with Crippen LogP contribution in [0.4, 0.5) is 8.78 Å². The molecule has 30 heavy (non-hydrogen) atoms. The molecule has 0 bridgehead atoms. The van der Waals surface area contributed by atoms with Crippen LogP contribution in [-0.4, -0.2) is 12.9 Å². The molecule has 3 aromatic carbocycles. The van der Waals surface area contributed by atoms with Gasteiger partial charge < -0.3 is 9.47 Å². The van der Waals surface area contributed by atoms with Gasteiger partial charge in [-0.15, -0.1) is 0 Å². The van der Waals surface area contributed by atoms with E-state index in [4.69, 9.17) is 9.47 Å². The predicted octanol–water partition coefficient (Wildman–Crippen LogP) is 5.76. The molecule has 0 heterocycles. The van der Waals surface area contributed by atoms with Gasteiger partial charge in [0.1, 0.15) is 18.2 Å². The van der Waals surface area contributed by atoms with Crippen LogP contribution in [0, 0.1) is 11.6 Å². The summed E-state index contributed by atoms with van der Waals surface area (Å²) in [6.45, 7) is 0.0412. The fourth-order valence-electron chi connectivity index (χ4n) is 3.60. The summed E-state index contributed by atoms with van der Waals surface area (Å²) >= 11 is 0. The van der Waals surface area contributed by atoms with Crippen molar-refractivity contribution in [1.82, 2.24) is 0 Å². The van der Waals surface area contributed by atoms with Crippen molar-refractivity contribution in [2.45, 2.75) is 19.4 Å². The minimum absolute atomic E-state index is 0.0405. The molecule has 4 rings (SSSR count). The molecular weight excluding hydrogens is 386 g/mol. The van der Waals surface area contributed by atoms with Crippen molar-refractivity contribution in [1.29, 1.82) is 0 Å². The van der Waals surface area contributed by atoms with Crippen LogP contribution < -0.4 is 9.47 Å². The molecule has 0 aromatic heterocycles. The second kappa shape index (κ2) is 8.49. The molecule has 3 aromatic rings. The zero-order valence-electron chi connectivity index (χ0n) is 16.5. The third-order valence-corrected chi connectivity index (χ3v) is 5.14. The Morgan fingerprint density at radius 1 is 0.967 bits per heavy atom. The minimum Gasteiger partial charge on any atom is -0.496 e. The first kappa shape index (κ1) is 19.8. The van der Waals surface area contributed by atoms with Crippen LogP contribution >= 0.6 is 0 Å². The summed E-state index contributed by atoms with van der Waals surface area (Å²) in [6, 6.07) is 16.3. The number of hydrogen-bond donors (Lipinski definition) is 0. The van der Waals surface area contributed by atoms with Crippen molar-refractivity contribution in [3.8, 4) is 11.5 Å². The molecular formula is C25H20F2O3. The van der Waals surface area contributed by atoms with E-state index in [0.29, 0.717) is 17.7 Å². The van der Waals surface area contributed by atoms with E-state index in [0.717, 1.165) is 40.8 Å². The third kappa shape index (κ3) is 4.10. The van der Waals surface area contributed by atoms with Gasteiger partial charge in [0.25, 0.3) is 0 Å². The fourth-order valence-corrected chi connectivity index (χ4v) is 3.60. The van der Waals surface area contributed by atoms with Gasteiger partial charge >= 0.3 is 0 Å². The van der Waals surface area contributed by atoms with E-state index in [2.05, 4.69) is 0 Å². The quantitative estimate of drug-likeness (QED) is 0.505. The van der Waals surface area contributed by atoms with Crippen LogP contribution in [0.25, 0.3) is 6.08 Å². The van der Waals surface area contributed by atoms with E-state index in [1.807, 2.05) is 42.5 Å². The van der Waals surface area contributed by atoms with Crippen molar-refractivity contribution < 1.29 is 23.0 Å². The van der Waals surface area contributed by atoms with Gasteiger partial charge in [-0.1, -0.05) is 30.3 Å². The maximum Gasteiger partial charge on any atom is 0.189 e. The molecule has 152 valence electrons. The highest BCUT2D eigenvalue weighted by molar-refractivity contribution is 6.13. The number of fused-ring (bicyclic) bond motifs is 1. The van der Waals surface area contributed by atoms with Crippen LogP contribution in [0.2, 0.25) is 0 Å². The van der Waals surface area contributed by atoms with Crippen LogP contribution in [0.1, 0.15) is 33.5 Å². The average Bonchev–Trinajstić information content (AvgIpc) is 2.75. The van der Waals surface area contributed by atoms with Crippen LogP contribution in [0.3, 0.4) is 0 Å². The molecule has 1 aliphatic carbocycles. The first-order valence-corrected chi connectivity index (χ1v) is 9.63. The normalized spacial score (nSPS) is 14.5. The van der Waals surface area contributed by atoms with Gasteiger partial charge in [-0.05, 0) is 54.3 Å². The number of ether oxygens (including phenoxy) is 2. The molecule has 0 saturated carbocycles. The van der Waals surface area contributed by atoms with Crippen LogP contribution in [0.15, 0.2) is 66.2 Å². The topological polar surface area (TPSA) is 35.5 Å². The molecule has 1 aliphatic rings. The molecule has 0 atom stereocenters. The lowest BCUT2D eigenvalue weighted by atomic mass is 9.86. The van der Waals surface area contributed by atoms with Crippen molar-refractivity contribution >= 4 is 11.9 Å². The molecule has 5 heteroatoms. The van der Waals surface area contributed by atoms with Crippen molar-refractivity contribution in [2.75, 3.05) is 7.11 Å². The average molecular weight is 406 g/mol. The van der Waals surface area contributed by atoms with Crippen molar-refractivity contribution in [3.05, 3.63) is 100 Å². The second-order valence-corrected chi connectivity index (χ2v) is 7.09. The Morgan fingerprint density at radius 3 is 2.57 bits per heavy atom. The van der Waals surface area contributed by atoms with Crippen LogP contribution in [-0.2, 0) is 13.0 Å². The summed E-state index contributed by atoms with van der Waals surface area (Å²) in [4.78, 5) is 12.8. The monoisotopic (exact) mass is 406 g/mol. The number of carbonyl (C=O) groups is 1. The van der Waals surface area contributed by atoms with E-state index in [1.54, 1.807) is 6.07 Å². The number of rotatable bonds is 5. The Balaban J connectivity index is 1.58. The van der Waals surface area contributed by atoms with Gasteiger partial charge in [0.15, 0.2) is 17.3 Å². The lowest BCUT2D eigenvalue weighted by Crippen LogP contribution is -2.13. The summed E-state index contributed by atoms with van der Waals surface area (Å²) in [5, 5.41) is 0. The lowest BCUT2D eigenvalue weighted by Gasteiger charge is -2.17. The summed E-state index contributed by atoms with van der Waals surface area (Å²) in [5.74, 6) is -0.844. The highest BCUT2D eigenvalue weighted by Crippen LogP contribution is 2.29. The SMILES string of the molecule is COc1ccc(/C=C2/CCc3ccccc3C2=O)cc1COc1ccc(F)cc1F.